The van der Waals surface area contributed by atoms with Gasteiger partial charge < -0.3 is 9.47 Å². The van der Waals surface area contributed by atoms with Crippen LogP contribution in [0.15, 0.2) is 47.5 Å². The van der Waals surface area contributed by atoms with Crippen LogP contribution in [-0.2, 0) is 11.2 Å². The van der Waals surface area contributed by atoms with Crippen molar-refractivity contribution in [3.05, 3.63) is 53.6 Å². The molecule has 2 aliphatic rings. The molecule has 2 aliphatic heterocycles. The summed E-state index contributed by atoms with van der Waals surface area (Å²) in [6.45, 7) is 0. The Morgan fingerprint density at radius 3 is 2.45 bits per heavy atom. The van der Waals surface area contributed by atoms with Crippen molar-refractivity contribution in [2.75, 3.05) is 0 Å². The van der Waals surface area contributed by atoms with Gasteiger partial charge in [0.2, 0.25) is 0 Å². The Balaban J connectivity index is 1.81. The maximum Gasteiger partial charge on any atom is 0.586 e. The number of carbonyl (C=O) groups is 1. The first-order valence-electron chi connectivity index (χ1n) is 6.62. The molecule has 0 saturated carbocycles. The number of carbonyl (C=O) groups excluding carboxylic acids is 1. The molecule has 0 N–H and O–H groups in total. The summed E-state index contributed by atoms with van der Waals surface area (Å²) in [5.74, 6) is -0.312. The maximum absolute atomic E-state index is 13.1. The van der Waals surface area contributed by atoms with Gasteiger partial charge in [0.05, 0.1) is 5.69 Å². The molecule has 0 saturated heterocycles. The van der Waals surface area contributed by atoms with E-state index in [1.807, 2.05) is 6.07 Å². The van der Waals surface area contributed by atoms with Gasteiger partial charge in [-0.2, -0.15) is 0 Å². The normalized spacial score (nSPS) is 17.9. The van der Waals surface area contributed by atoms with Gasteiger partial charge >= 0.3 is 6.29 Å². The van der Waals surface area contributed by atoms with Gasteiger partial charge in [-0.05, 0) is 11.6 Å². The molecule has 2 aromatic rings. The minimum atomic E-state index is -3.68. The van der Waals surface area contributed by atoms with Crippen molar-refractivity contribution in [3.63, 3.8) is 0 Å². The van der Waals surface area contributed by atoms with E-state index in [9.17, 15) is 13.6 Å². The van der Waals surface area contributed by atoms with Gasteiger partial charge in [-0.25, -0.2) is 4.99 Å². The summed E-state index contributed by atoms with van der Waals surface area (Å²) < 4.78 is 35.0. The largest absolute Gasteiger partial charge is 0.586 e. The predicted molar refractivity (Wildman–Crippen MR) is 74.0 cm³/mol. The molecule has 0 aromatic heterocycles. The number of ketones is 1. The Kier molecular flexibility index (Phi) is 2.57. The Morgan fingerprint density at radius 1 is 1.05 bits per heavy atom. The summed E-state index contributed by atoms with van der Waals surface area (Å²) in [6.07, 6.45) is -3.59. The lowest BCUT2D eigenvalue weighted by atomic mass is 9.96. The minimum absolute atomic E-state index is 0.0742. The topological polar surface area (TPSA) is 47.9 Å². The van der Waals surface area contributed by atoms with Crippen molar-refractivity contribution in [1.82, 2.24) is 0 Å². The van der Waals surface area contributed by atoms with Crippen LogP contribution in [-0.4, -0.2) is 17.8 Å². The molecule has 110 valence electrons. The molecule has 6 heteroatoms. The molecule has 0 amide bonds. The second-order valence-corrected chi connectivity index (χ2v) is 5.02. The van der Waals surface area contributed by atoms with E-state index in [-0.39, 0.29) is 23.7 Å². The van der Waals surface area contributed by atoms with E-state index < -0.39 is 6.29 Å². The first kappa shape index (κ1) is 12.9. The molecular formula is C16H9F2NO3. The van der Waals surface area contributed by atoms with E-state index in [0.29, 0.717) is 22.5 Å². The summed E-state index contributed by atoms with van der Waals surface area (Å²) in [4.78, 5) is 16.5. The molecule has 2 aromatic carbocycles. The molecule has 0 atom stereocenters. The summed E-state index contributed by atoms with van der Waals surface area (Å²) >= 11 is 0. The van der Waals surface area contributed by atoms with Crippen LogP contribution in [0, 0.1) is 0 Å². The third-order valence-corrected chi connectivity index (χ3v) is 3.50. The van der Waals surface area contributed by atoms with Crippen molar-refractivity contribution >= 4 is 17.2 Å². The second-order valence-electron chi connectivity index (χ2n) is 5.02. The fourth-order valence-corrected chi connectivity index (χ4v) is 2.53. The number of benzene rings is 2. The van der Waals surface area contributed by atoms with Crippen molar-refractivity contribution in [3.8, 4) is 11.5 Å². The zero-order chi connectivity index (χ0) is 15.3. The second kappa shape index (κ2) is 4.37. The van der Waals surface area contributed by atoms with Gasteiger partial charge in [0, 0.05) is 18.1 Å². The fourth-order valence-electron chi connectivity index (χ4n) is 2.53. The molecule has 0 unspecified atom stereocenters. The molecule has 22 heavy (non-hydrogen) atoms. The summed E-state index contributed by atoms with van der Waals surface area (Å²) in [6, 6.07) is 11.8. The maximum atomic E-state index is 13.1. The van der Waals surface area contributed by atoms with Crippen molar-refractivity contribution < 1.29 is 23.0 Å². The van der Waals surface area contributed by atoms with Gasteiger partial charge in [-0.15, -0.1) is 8.78 Å². The monoisotopic (exact) mass is 301 g/mol. The molecule has 0 bridgehead atoms. The predicted octanol–water partition coefficient (Wildman–Crippen LogP) is 3.25. The molecule has 0 fully saturated rings. The highest BCUT2D eigenvalue weighted by Crippen LogP contribution is 2.45. The van der Waals surface area contributed by atoms with Crippen LogP contribution in [0.4, 0.5) is 14.5 Å². The van der Waals surface area contributed by atoms with Crippen LogP contribution in [0.25, 0.3) is 0 Å². The number of fused-ring (bicyclic) bond motifs is 2. The van der Waals surface area contributed by atoms with E-state index in [1.165, 1.54) is 12.1 Å². The number of rotatable bonds is 1. The Hall–Kier alpha value is -2.76. The first-order valence-corrected chi connectivity index (χ1v) is 6.62. The summed E-state index contributed by atoms with van der Waals surface area (Å²) in [7, 11) is 0. The minimum Gasteiger partial charge on any atom is -0.395 e. The highest BCUT2D eigenvalue weighted by molar-refractivity contribution is 6.47. The van der Waals surface area contributed by atoms with E-state index >= 15 is 0 Å². The van der Waals surface area contributed by atoms with Crippen LogP contribution in [0.2, 0.25) is 0 Å². The summed E-state index contributed by atoms with van der Waals surface area (Å²) in [5.41, 5.74) is 2.00. The van der Waals surface area contributed by atoms with Gasteiger partial charge in [0.1, 0.15) is 5.71 Å². The lowest BCUT2D eigenvalue weighted by Gasteiger charge is -2.15. The van der Waals surface area contributed by atoms with Crippen molar-refractivity contribution in [2.24, 2.45) is 4.99 Å². The standard InChI is InChI=1S/C16H9F2NO3/c17-16(18)21-13-7-10-6-12(20)15(9-4-2-1-3-5-9)19-11(10)8-14(13)22-16/h1-5,7-8H,6H2. The number of ether oxygens (including phenoxy) is 2. The van der Waals surface area contributed by atoms with E-state index in [4.69, 9.17) is 0 Å². The Morgan fingerprint density at radius 2 is 1.73 bits per heavy atom. The van der Waals surface area contributed by atoms with Gasteiger partial charge in [-0.1, -0.05) is 30.3 Å². The fraction of sp³-hybridized carbons (Fsp3) is 0.125. The average Bonchev–Trinajstić information content (AvgIpc) is 2.78. The average molecular weight is 301 g/mol. The van der Waals surface area contributed by atoms with Gasteiger partial charge in [0.15, 0.2) is 17.3 Å². The quantitative estimate of drug-likeness (QED) is 0.812. The Labute approximate surface area is 124 Å². The number of hydrogen-bond acceptors (Lipinski definition) is 4. The van der Waals surface area contributed by atoms with E-state index in [1.54, 1.807) is 24.3 Å². The third kappa shape index (κ3) is 2.04. The first-order chi connectivity index (χ1) is 10.5. The number of aliphatic imine (C=N–C) groups is 1. The zero-order valence-corrected chi connectivity index (χ0v) is 11.2. The van der Waals surface area contributed by atoms with Crippen LogP contribution in [0.5, 0.6) is 11.5 Å². The van der Waals surface area contributed by atoms with E-state index in [2.05, 4.69) is 14.5 Å². The molecule has 0 aliphatic carbocycles. The SMILES string of the molecule is O=C1Cc2cc3c(cc2N=C1c1ccccc1)OC(F)(F)O3. The van der Waals surface area contributed by atoms with Crippen LogP contribution >= 0.6 is 0 Å². The number of hydrogen-bond donors (Lipinski definition) is 0. The Bertz CT molecular complexity index is 816. The van der Waals surface area contributed by atoms with E-state index in [0.717, 1.165) is 0 Å². The number of Topliss-reactive ketones (excluding diaryl/α,β-unsaturated/α-hetero) is 1. The van der Waals surface area contributed by atoms with Crippen LogP contribution in [0.3, 0.4) is 0 Å². The highest BCUT2D eigenvalue weighted by atomic mass is 19.3. The molecule has 4 nitrogen and oxygen atoms in total. The number of alkyl halides is 2. The molecule has 0 radical (unpaired) electrons. The molecule has 2 heterocycles. The van der Waals surface area contributed by atoms with Crippen molar-refractivity contribution in [2.45, 2.75) is 12.7 Å². The molecular weight excluding hydrogens is 292 g/mol. The molecule has 4 rings (SSSR count). The lowest BCUT2D eigenvalue weighted by molar-refractivity contribution is -0.286. The van der Waals surface area contributed by atoms with Crippen molar-refractivity contribution in [1.29, 1.82) is 0 Å². The van der Waals surface area contributed by atoms with Crippen LogP contribution in [0.1, 0.15) is 11.1 Å². The van der Waals surface area contributed by atoms with Crippen LogP contribution < -0.4 is 9.47 Å². The third-order valence-electron chi connectivity index (χ3n) is 3.50. The highest BCUT2D eigenvalue weighted by Gasteiger charge is 2.44. The number of halogens is 2. The van der Waals surface area contributed by atoms with Gasteiger partial charge in [0.25, 0.3) is 0 Å². The smallest absolute Gasteiger partial charge is 0.395 e. The summed E-state index contributed by atoms with van der Waals surface area (Å²) in [5, 5.41) is 0. The lowest BCUT2D eigenvalue weighted by Crippen LogP contribution is -2.25. The number of nitrogens with zero attached hydrogens (tertiary/aromatic N) is 1. The molecule has 0 spiro atoms. The zero-order valence-electron chi connectivity index (χ0n) is 11.2. The van der Waals surface area contributed by atoms with Gasteiger partial charge in [-0.3, -0.25) is 4.79 Å².